The molecule has 31 heavy (non-hydrogen) atoms. The predicted molar refractivity (Wildman–Crippen MR) is 124 cm³/mol. The Kier molecular flexibility index (Phi) is 6.09. The van der Waals surface area contributed by atoms with E-state index in [2.05, 4.69) is 43.4 Å². The molecule has 4 rings (SSSR count). The molecule has 2 heterocycles. The van der Waals surface area contributed by atoms with E-state index in [0.717, 1.165) is 10.4 Å². The number of benzene rings is 2. The number of hydrogen-bond donors (Lipinski definition) is 1. The molecule has 0 radical (unpaired) electrons. The van der Waals surface area contributed by atoms with E-state index >= 15 is 0 Å². The monoisotopic (exact) mass is 434 g/mol. The van der Waals surface area contributed by atoms with Gasteiger partial charge in [0.15, 0.2) is 6.10 Å². The Hall–Kier alpha value is -3.12. The summed E-state index contributed by atoms with van der Waals surface area (Å²) in [7, 11) is 0. The lowest BCUT2D eigenvalue weighted by atomic mass is 9.98. The van der Waals surface area contributed by atoms with Crippen LogP contribution in [0.5, 0.6) is 5.75 Å². The normalized spacial score (nSPS) is 16.6. The zero-order valence-electron chi connectivity index (χ0n) is 17.9. The fourth-order valence-corrected chi connectivity index (χ4v) is 4.52. The molecule has 1 aromatic heterocycles. The molecule has 1 aliphatic heterocycles. The molecule has 2 amide bonds. The number of thiophene rings is 1. The van der Waals surface area contributed by atoms with Gasteiger partial charge in [-0.25, -0.2) is 0 Å². The van der Waals surface area contributed by atoms with Crippen LogP contribution in [0, 0.1) is 0 Å². The van der Waals surface area contributed by atoms with Gasteiger partial charge in [0, 0.05) is 4.88 Å². The fourth-order valence-electron chi connectivity index (χ4n) is 3.72. The maximum atomic E-state index is 13.1. The van der Waals surface area contributed by atoms with Crippen molar-refractivity contribution in [3.63, 3.8) is 0 Å². The van der Waals surface area contributed by atoms with E-state index in [1.807, 2.05) is 35.7 Å². The van der Waals surface area contributed by atoms with E-state index in [1.165, 1.54) is 10.5 Å². The van der Waals surface area contributed by atoms with Gasteiger partial charge < -0.3 is 10.1 Å². The number of carbonyl (C=O) groups is 2. The first kappa shape index (κ1) is 21.1. The molecule has 0 spiro atoms. The molecular weight excluding hydrogens is 408 g/mol. The van der Waals surface area contributed by atoms with Crippen molar-refractivity contribution < 1.29 is 14.3 Å². The quantitative estimate of drug-likeness (QED) is 0.601. The van der Waals surface area contributed by atoms with Crippen LogP contribution in [0.15, 0.2) is 66.0 Å². The van der Waals surface area contributed by atoms with Gasteiger partial charge in [-0.15, -0.1) is 11.3 Å². The second kappa shape index (κ2) is 8.94. The number of nitrogens with one attached hydrogen (secondary N) is 1. The first-order valence-corrected chi connectivity index (χ1v) is 11.3. The summed E-state index contributed by atoms with van der Waals surface area (Å²) < 4.78 is 5.67. The van der Waals surface area contributed by atoms with Crippen LogP contribution in [0.3, 0.4) is 0 Å². The van der Waals surface area contributed by atoms with Crippen molar-refractivity contribution in [2.75, 3.05) is 11.4 Å². The molecular formula is C25H26N2O3S. The van der Waals surface area contributed by atoms with Gasteiger partial charge in [-0.1, -0.05) is 56.3 Å². The molecule has 1 aliphatic rings. The molecule has 0 bridgehead atoms. The van der Waals surface area contributed by atoms with Crippen LogP contribution in [-0.2, 0) is 9.59 Å². The SMILES string of the molecule is CC1Oc2ccccc2N(CC(=O)NC(c2ccc(C(C)C)cc2)c2cccs2)C1=O. The van der Waals surface area contributed by atoms with Gasteiger partial charge in [0.25, 0.3) is 5.91 Å². The van der Waals surface area contributed by atoms with Crippen molar-refractivity contribution in [2.24, 2.45) is 0 Å². The third-order valence-corrected chi connectivity index (χ3v) is 6.38. The van der Waals surface area contributed by atoms with Gasteiger partial charge in [-0.2, -0.15) is 0 Å². The lowest BCUT2D eigenvalue weighted by Gasteiger charge is -2.32. The van der Waals surface area contributed by atoms with Crippen molar-refractivity contribution in [1.82, 2.24) is 5.32 Å². The highest BCUT2D eigenvalue weighted by molar-refractivity contribution is 7.10. The lowest BCUT2D eigenvalue weighted by Crippen LogP contribution is -2.49. The van der Waals surface area contributed by atoms with Gasteiger partial charge in [0.05, 0.1) is 11.7 Å². The van der Waals surface area contributed by atoms with E-state index in [-0.39, 0.29) is 24.4 Å². The van der Waals surface area contributed by atoms with Gasteiger partial charge >= 0.3 is 0 Å². The summed E-state index contributed by atoms with van der Waals surface area (Å²) in [6, 6.07) is 19.4. The molecule has 2 aromatic carbocycles. The molecule has 6 heteroatoms. The third-order valence-electron chi connectivity index (χ3n) is 5.44. The topological polar surface area (TPSA) is 58.6 Å². The Bertz CT molecular complexity index is 1060. The van der Waals surface area contributed by atoms with E-state index in [9.17, 15) is 9.59 Å². The first-order chi connectivity index (χ1) is 14.9. The molecule has 3 aromatic rings. The van der Waals surface area contributed by atoms with Crippen LogP contribution in [-0.4, -0.2) is 24.5 Å². The smallest absolute Gasteiger partial charge is 0.268 e. The van der Waals surface area contributed by atoms with Crippen LogP contribution >= 0.6 is 11.3 Å². The lowest BCUT2D eigenvalue weighted by molar-refractivity contribution is -0.128. The molecule has 0 fully saturated rings. The Balaban J connectivity index is 1.57. The minimum Gasteiger partial charge on any atom is -0.479 e. The average Bonchev–Trinajstić information content (AvgIpc) is 3.30. The number of carbonyl (C=O) groups excluding carboxylic acids is 2. The second-order valence-electron chi connectivity index (χ2n) is 7.99. The number of ether oxygens (including phenoxy) is 1. The Morgan fingerprint density at radius 2 is 1.77 bits per heavy atom. The van der Waals surface area contributed by atoms with Crippen molar-refractivity contribution in [3.8, 4) is 5.75 Å². The summed E-state index contributed by atoms with van der Waals surface area (Å²) in [4.78, 5) is 28.4. The molecule has 0 saturated carbocycles. The molecule has 2 unspecified atom stereocenters. The minimum atomic E-state index is -0.626. The van der Waals surface area contributed by atoms with Crippen LogP contribution in [0.2, 0.25) is 0 Å². The number of amides is 2. The second-order valence-corrected chi connectivity index (χ2v) is 8.97. The average molecular weight is 435 g/mol. The molecule has 2 atom stereocenters. The summed E-state index contributed by atoms with van der Waals surface area (Å²) in [6.07, 6.45) is -0.626. The van der Waals surface area contributed by atoms with Crippen LogP contribution in [0.4, 0.5) is 5.69 Å². The number of anilines is 1. The number of hydrogen-bond acceptors (Lipinski definition) is 4. The highest BCUT2D eigenvalue weighted by Gasteiger charge is 2.33. The standard InChI is InChI=1S/C25H26N2O3S/c1-16(2)18-10-12-19(13-11-18)24(22-9-6-14-31-22)26-23(28)15-27-20-7-4-5-8-21(20)30-17(3)25(27)29/h4-14,16-17,24H,15H2,1-3H3,(H,26,28). The predicted octanol–water partition coefficient (Wildman–Crippen LogP) is 4.89. The number of fused-ring (bicyclic) bond motifs is 1. The number of nitrogens with zero attached hydrogens (tertiary/aromatic N) is 1. The highest BCUT2D eigenvalue weighted by atomic mass is 32.1. The van der Waals surface area contributed by atoms with Gasteiger partial charge in [-0.05, 0) is 47.5 Å². The van der Waals surface area contributed by atoms with Crippen LogP contribution < -0.4 is 15.0 Å². The molecule has 0 aliphatic carbocycles. The van der Waals surface area contributed by atoms with E-state index in [0.29, 0.717) is 17.4 Å². The summed E-state index contributed by atoms with van der Waals surface area (Å²) in [5, 5.41) is 5.14. The molecule has 5 nitrogen and oxygen atoms in total. The maximum Gasteiger partial charge on any atom is 0.268 e. The first-order valence-electron chi connectivity index (χ1n) is 10.4. The van der Waals surface area contributed by atoms with Gasteiger partial charge in [-0.3, -0.25) is 14.5 Å². The summed E-state index contributed by atoms with van der Waals surface area (Å²) >= 11 is 1.60. The fraction of sp³-hybridized carbons (Fsp3) is 0.280. The molecule has 1 N–H and O–H groups in total. The summed E-state index contributed by atoms with van der Waals surface area (Å²) in [5.41, 5.74) is 2.89. The number of para-hydroxylation sites is 2. The maximum absolute atomic E-state index is 13.1. The van der Waals surface area contributed by atoms with Gasteiger partial charge in [0.1, 0.15) is 12.3 Å². The van der Waals surface area contributed by atoms with Crippen molar-refractivity contribution in [3.05, 3.63) is 82.0 Å². The highest BCUT2D eigenvalue weighted by Crippen LogP contribution is 2.33. The summed E-state index contributed by atoms with van der Waals surface area (Å²) in [5.74, 6) is 0.617. The largest absolute Gasteiger partial charge is 0.479 e. The van der Waals surface area contributed by atoms with Crippen LogP contribution in [0.25, 0.3) is 0 Å². The number of rotatable bonds is 6. The molecule has 0 saturated heterocycles. The van der Waals surface area contributed by atoms with E-state index in [1.54, 1.807) is 24.3 Å². The zero-order chi connectivity index (χ0) is 22.0. The van der Waals surface area contributed by atoms with Crippen molar-refractivity contribution >= 4 is 28.8 Å². The van der Waals surface area contributed by atoms with Crippen molar-refractivity contribution in [2.45, 2.75) is 38.8 Å². The van der Waals surface area contributed by atoms with E-state index in [4.69, 9.17) is 4.74 Å². The van der Waals surface area contributed by atoms with Crippen molar-refractivity contribution in [1.29, 1.82) is 0 Å². The third kappa shape index (κ3) is 4.49. The zero-order valence-corrected chi connectivity index (χ0v) is 18.7. The van der Waals surface area contributed by atoms with Crippen LogP contribution in [0.1, 0.15) is 48.7 Å². The Morgan fingerprint density at radius 3 is 2.45 bits per heavy atom. The summed E-state index contributed by atoms with van der Waals surface area (Å²) in [6.45, 7) is 5.96. The Morgan fingerprint density at radius 1 is 1.06 bits per heavy atom. The van der Waals surface area contributed by atoms with Gasteiger partial charge in [0.2, 0.25) is 5.91 Å². The molecule has 160 valence electrons. The Labute approximate surface area is 186 Å². The van der Waals surface area contributed by atoms with E-state index < -0.39 is 6.10 Å². The minimum absolute atomic E-state index is 0.0600.